The summed E-state index contributed by atoms with van der Waals surface area (Å²) in [6, 6.07) is 14.6. The monoisotopic (exact) mass is 322 g/mol. The van der Waals surface area contributed by atoms with Gasteiger partial charge in [-0.15, -0.1) is 0 Å². The fraction of sp³-hybridized carbons (Fsp3) is 0.158. The van der Waals surface area contributed by atoms with Gasteiger partial charge in [-0.25, -0.2) is 4.98 Å². The fourth-order valence-corrected chi connectivity index (χ4v) is 2.51. The molecule has 3 aromatic rings. The van der Waals surface area contributed by atoms with Crippen molar-refractivity contribution in [2.75, 3.05) is 6.54 Å². The van der Waals surface area contributed by atoms with Gasteiger partial charge in [0.2, 0.25) is 0 Å². The molecule has 0 aliphatic rings. The second-order valence-corrected chi connectivity index (χ2v) is 5.53. The summed E-state index contributed by atoms with van der Waals surface area (Å²) in [7, 11) is 0. The van der Waals surface area contributed by atoms with Gasteiger partial charge in [0.1, 0.15) is 0 Å². The van der Waals surface area contributed by atoms with E-state index in [0.717, 1.165) is 16.7 Å². The summed E-state index contributed by atoms with van der Waals surface area (Å²) in [5.74, 6) is 0.420. The Balaban J connectivity index is 1.62. The molecule has 0 bridgehead atoms. The first kappa shape index (κ1) is 16.0. The Labute approximate surface area is 140 Å². The van der Waals surface area contributed by atoms with E-state index in [1.54, 1.807) is 30.5 Å². The first-order chi connectivity index (χ1) is 11.6. The molecular weight excluding hydrogens is 304 g/mol. The Morgan fingerprint density at radius 3 is 2.62 bits per heavy atom. The van der Waals surface area contributed by atoms with E-state index >= 15 is 0 Å². The zero-order valence-electron chi connectivity index (χ0n) is 13.3. The number of rotatable bonds is 5. The fourth-order valence-electron chi connectivity index (χ4n) is 2.51. The number of oxazole rings is 1. The van der Waals surface area contributed by atoms with Gasteiger partial charge in [-0.1, -0.05) is 36.4 Å². The molecule has 122 valence electrons. The largest absolute Gasteiger partial charge is 0.444 e. The molecule has 0 spiro atoms. The van der Waals surface area contributed by atoms with Gasteiger partial charge in [-0.3, -0.25) is 4.79 Å². The van der Waals surface area contributed by atoms with Crippen LogP contribution in [0.2, 0.25) is 0 Å². The van der Waals surface area contributed by atoms with Crippen molar-refractivity contribution < 1.29 is 14.3 Å². The molecule has 1 unspecified atom stereocenters. The van der Waals surface area contributed by atoms with Gasteiger partial charge in [0, 0.05) is 17.7 Å². The van der Waals surface area contributed by atoms with Gasteiger partial charge in [-0.2, -0.15) is 0 Å². The highest BCUT2D eigenvalue weighted by Gasteiger charge is 2.12. The lowest BCUT2D eigenvalue weighted by atomic mass is 10.0. The van der Waals surface area contributed by atoms with E-state index in [2.05, 4.69) is 10.3 Å². The van der Waals surface area contributed by atoms with Crippen molar-refractivity contribution in [2.24, 2.45) is 0 Å². The molecule has 3 rings (SSSR count). The molecule has 2 N–H and O–H groups in total. The van der Waals surface area contributed by atoms with Gasteiger partial charge >= 0.3 is 0 Å². The topological polar surface area (TPSA) is 75.4 Å². The van der Waals surface area contributed by atoms with Crippen LogP contribution in [0, 0.1) is 6.92 Å². The number of benzene rings is 2. The molecule has 5 heteroatoms. The molecule has 0 saturated heterocycles. The number of hydrogen-bond acceptors (Lipinski definition) is 4. The zero-order chi connectivity index (χ0) is 16.9. The normalized spacial score (nSPS) is 11.9. The molecule has 0 aliphatic heterocycles. The third-order valence-electron chi connectivity index (χ3n) is 3.87. The van der Waals surface area contributed by atoms with Crippen molar-refractivity contribution >= 4 is 5.91 Å². The highest BCUT2D eigenvalue weighted by atomic mass is 16.3. The van der Waals surface area contributed by atoms with Crippen LogP contribution < -0.4 is 5.32 Å². The van der Waals surface area contributed by atoms with Gasteiger partial charge in [0.05, 0.1) is 12.3 Å². The van der Waals surface area contributed by atoms with Crippen LogP contribution in [-0.2, 0) is 0 Å². The van der Waals surface area contributed by atoms with Crippen LogP contribution in [-0.4, -0.2) is 22.5 Å². The number of aryl methyl sites for hydroxylation is 1. The van der Waals surface area contributed by atoms with Crippen LogP contribution in [0.3, 0.4) is 0 Å². The standard InChI is InChI=1S/C19H18N2O3/c1-13-4-2-3-5-16(13)17(22)10-21-19(23)15-8-6-14(7-9-15)18-11-20-12-24-18/h2-9,11-12,17,22H,10H2,1H3,(H,21,23). The lowest BCUT2D eigenvalue weighted by Gasteiger charge is -2.14. The molecule has 0 radical (unpaired) electrons. The smallest absolute Gasteiger partial charge is 0.251 e. The highest BCUT2D eigenvalue weighted by molar-refractivity contribution is 5.94. The molecule has 2 aromatic carbocycles. The van der Waals surface area contributed by atoms with Gasteiger partial charge in [0.15, 0.2) is 12.2 Å². The second kappa shape index (κ2) is 7.10. The maximum absolute atomic E-state index is 12.2. The van der Waals surface area contributed by atoms with Crippen molar-refractivity contribution in [1.82, 2.24) is 10.3 Å². The van der Waals surface area contributed by atoms with E-state index in [1.807, 2.05) is 31.2 Å². The Kier molecular flexibility index (Phi) is 4.72. The minimum Gasteiger partial charge on any atom is -0.444 e. The SMILES string of the molecule is Cc1ccccc1C(O)CNC(=O)c1ccc(-c2cnco2)cc1. The van der Waals surface area contributed by atoms with Crippen LogP contribution in [0.1, 0.15) is 27.6 Å². The summed E-state index contributed by atoms with van der Waals surface area (Å²) in [5.41, 5.74) is 3.19. The Bertz CT molecular complexity index is 811. The number of aliphatic hydroxyl groups is 1. The quantitative estimate of drug-likeness (QED) is 0.757. The van der Waals surface area contributed by atoms with Gasteiger partial charge in [0.25, 0.3) is 5.91 Å². The van der Waals surface area contributed by atoms with E-state index in [9.17, 15) is 9.90 Å². The number of hydrogen-bond donors (Lipinski definition) is 2. The van der Waals surface area contributed by atoms with Crippen molar-refractivity contribution in [3.63, 3.8) is 0 Å². The average Bonchev–Trinajstić information content (AvgIpc) is 3.14. The molecule has 5 nitrogen and oxygen atoms in total. The van der Waals surface area contributed by atoms with E-state index in [0.29, 0.717) is 11.3 Å². The van der Waals surface area contributed by atoms with E-state index in [-0.39, 0.29) is 12.5 Å². The predicted octanol–water partition coefficient (Wildman–Crippen LogP) is 3.11. The molecule has 1 heterocycles. The Morgan fingerprint density at radius 2 is 1.96 bits per heavy atom. The van der Waals surface area contributed by atoms with Crippen molar-refractivity contribution in [3.8, 4) is 11.3 Å². The summed E-state index contributed by atoms with van der Waals surface area (Å²) in [5, 5.41) is 13.0. The van der Waals surface area contributed by atoms with Crippen molar-refractivity contribution in [3.05, 3.63) is 77.8 Å². The number of aromatic nitrogens is 1. The van der Waals surface area contributed by atoms with E-state index in [4.69, 9.17) is 4.42 Å². The molecule has 1 amide bonds. The van der Waals surface area contributed by atoms with Crippen molar-refractivity contribution in [2.45, 2.75) is 13.0 Å². The molecular formula is C19H18N2O3. The Hall–Kier alpha value is -2.92. The van der Waals surface area contributed by atoms with Crippen LogP contribution in [0.4, 0.5) is 0 Å². The maximum Gasteiger partial charge on any atom is 0.251 e. The number of carbonyl (C=O) groups excluding carboxylic acids is 1. The van der Waals surface area contributed by atoms with Crippen LogP contribution in [0.15, 0.2) is 65.5 Å². The van der Waals surface area contributed by atoms with E-state index in [1.165, 1.54) is 6.39 Å². The highest BCUT2D eigenvalue weighted by Crippen LogP contribution is 2.19. The molecule has 0 fully saturated rings. The van der Waals surface area contributed by atoms with E-state index < -0.39 is 6.10 Å². The minimum absolute atomic E-state index is 0.160. The number of amides is 1. The van der Waals surface area contributed by atoms with Crippen molar-refractivity contribution in [1.29, 1.82) is 0 Å². The molecule has 0 saturated carbocycles. The maximum atomic E-state index is 12.2. The summed E-state index contributed by atoms with van der Waals surface area (Å²) in [6.07, 6.45) is 2.25. The third-order valence-corrected chi connectivity index (χ3v) is 3.87. The lowest BCUT2D eigenvalue weighted by molar-refractivity contribution is 0.0916. The summed E-state index contributed by atoms with van der Waals surface area (Å²) in [6.45, 7) is 2.09. The van der Waals surface area contributed by atoms with Gasteiger partial charge in [-0.05, 0) is 30.2 Å². The summed E-state index contributed by atoms with van der Waals surface area (Å²) < 4.78 is 5.21. The number of carbonyl (C=O) groups is 1. The lowest BCUT2D eigenvalue weighted by Crippen LogP contribution is -2.28. The number of aliphatic hydroxyl groups excluding tert-OH is 1. The second-order valence-electron chi connectivity index (χ2n) is 5.53. The average molecular weight is 322 g/mol. The number of nitrogens with one attached hydrogen (secondary N) is 1. The molecule has 0 aliphatic carbocycles. The summed E-state index contributed by atoms with van der Waals surface area (Å²) >= 11 is 0. The Morgan fingerprint density at radius 1 is 1.21 bits per heavy atom. The van der Waals surface area contributed by atoms with Crippen LogP contribution in [0.5, 0.6) is 0 Å². The predicted molar refractivity (Wildman–Crippen MR) is 90.4 cm³/mol. The summed E-state index contributed by atoms with van der Waals surface area (Å²) in [4.78, 5) is 16.1. The van der Waals surface area contributed by atoms with Gasteiger partial charge < -0.3 is 14.8 Å². The number of nitrogens with zero attached hydrogens (tertiary/aromatic N) is 1. The first-order valence-corrected chi connectivity index (χ1v) is 7.66. The molecule has 24 heavy (non-hydrogen) atoms. The van der Waals surface area contributed by atoms with Crippen LogP contribution >= 0.6 is 0 Å². The molecule has 1 aromatic heterocycles. The minimum atomic E-state index is -0.733. The molecule has 1 atom stereocenters. The first-order valence-electron chi connectivity index (χ1n) is 7.66. The zero-order valence-corrected chi connectivity index (χ0v) is 13.3. The third kappa shape index (κ3) is 3.52. The van der Waals surface area contributed by atoms with Crippen LogP contribution in [0.25, 0.3) is 11.3 Å².